The Morgan fingerprint density at radius 1 is 1.41 bits per heavy atom. The van der Waals surface area contributed by atoms with Gasteiger partial charge in [-0.25, -0.2) is 0 Å². The van der Waals surface area contributed by atoms with Gasteiger partial charge in [-0.3, -0.25) is 9.78 Å². The van der Waals surface area contributed by atoms with Gasteiger partial charge in [-0.05, 0) is 23.4 Å². The summed E-state index contributed by atoms with van der Waals surface area (Å²) in [7, 11) is 0. The van der Waals surface area contributed by atoms with E-state index >= 15 is 0 Å². The van der Waals surface area contributed by atoms with Crippen molar-refractivity contribution in [3.8, 4) is 0 Å². The molecule has 0 atom stereocenters. The van der Waals surface area contributed by atoms with Crippen molar-refractivity contribution >= 4 is 27.3 Å². The molecule has 0 saturated heterocycles. The number of pyridine rings is 1. The van der Waals surface area contributed by atoms with Crippen LogP contribution >= 0.6 is 11.3 Å². The van der Waals surface area contributed by atoms with E-state index in [0.717, 1.165) is 15.8 Å². The maximum absolute atomic E-state index is 12.1. The van der Waals surface area contributed by atoms with Gasteiger partial charge in [0.15, 0.2) is 5.78 Å². The van der Waals surface area contributed by atoms with Gasteiger partial charge in [-0.1, -0.05) is 25.7 Å². The number of nitrogens with zero attached hydrogens (tertiary/aromatic N) is 1. The maximum Gasteiger partial charge on any atom is 0.164 e. The summed E-state index contributed by atoms with van der Waals surface area (Å²) in [6.45, 7) is 0. The number of thiophene rings is 1. The molecule has 1 aliphatic rings. The minimum Gasteiger partial charge on any atom is -0.294 e. The fraction of sp³-hybridized carbons (Fsp3) is 0.429. The minimum atomic E-state index is 0.264. The molecule has 2 aromatic heterocycles. The lowest BCUT2D eigenvalue weighted by Crippen LogP contribution is -2.06. The summed E-state index contributed by atoms with van der Waals surface area (Å²) in [6.07, 6.45) is 7.46. The number of aromatic nitrogens is 1. The molecule has 0 unspecified atom stereocenters. The van der Waals surface area contributed by atoms with Crippen LogP contribution in [0.15, 0.2) is 23.7 Å². The van der Waals surface area contributed by atoms with Gasteiger partial charge in [0.1, 0.15) is 0 Å². The summed E-state index contributed by atoms with van der Waals surface area (Å²) in [4.78, 5) is 16.5. The predicted molar refractivity (Wildman–Crippen MR) is 70.5 cm³/mol. The molecule has 2 heterocycles. The monoisotopic (exact) mass is 245 g/mol. The van der Waals surface area contributed by atoms with Crippen LogP contribution in [0.4, 0.5) is 0 Å². The maximum atomic E-state index is 12.1. The van der Waals surface area contributed by atoms with Crippen molar-refractivity contribution in [3.63, 3.8) is 0 Å². The second-order valence-corrected chi connectivity index (χ2v) is 5.75. The van der Waals surface area contributed by atoms with Crippen LogP contribution in [0.25, 0.3) is 10.2 Å². The Balaban J connectivity index is 1.79. The molecule has 0 radical (unpaired) electrons. The fourth-order valence-electron chi connectivity index (χ4n) is 2.59. The molecule has 3 rings (SSSR count). The van der Waals surface area contributed by atoms with Crippen LogP contribution < -0.4 is 0 Å². The zero-order chi connectivity index (χ0) is 11.7. The average Bonchev–Trinajstić information content (AvgIpc) is 2.97. The van der Waals surface area contributed by atoms with E-state index in [1.54, 1.807) is 17.5 Å². The van der Waals surface area contributed by atoms with Crippen LogP contribution in [0.3, 0.4) is 0 Å². The largest absolute Gasteiger partial charge is 0.294 e. The predicted octanol–water partition coefficient (Wildman–Crippen LogP) is 4.06. The standard InChI is InChI=1S/C14H15NOS/c16-13(7-10-3-1-2-4-10)11-8-14-12(15-9-11)5-6-17-14/h5-6,8-10H,1-4,7H2. The Morgan fingerprint density at radius 2 is 2.24 bits per heavy atom. The molecule has 0 aliphatic heterocycles. The summed E-state index contributed by atoms with van der Waals surface area (Å²) in [5.74, 6) is 0.876. The van der Waals surface area contributed by atoms with E-state index in [0.29, 0.717) is 12.3 Å². The lowest BCUT2D eigenvalue weighted by molar-refractivity contribution is 0.0962. The minimum absolute atomic E-state index is 0.264. The van der Waals surface area contributed by atoms with E-state index in [9.17, 15) is 4.79 Å². The van der Waals surface area contributed by atoms with Crippen molar-refractivity contribution in [1.29, 1.82) is 0 Å². The third kappa shape index (κ3) is 2.25. The van der Waals surface area contributed by atoms with Crippen LogP contribution in [0.1, 0.15) is 42.5 Å². The van der Waals surface area contributed by atoms with E-state index in [1.165, 1.54) is 25.7 Å². The number of carbonyl (C=O) groups excluding carboxylic acids is 1. The number of fused-ring (bicyclic) bond motifs is 1. The summed E-state index contributed by atoms with van der Waals surface area (Å²) in [6, 6.07) is 3.98. The molecular formula is C14H15NOS. The first kappa shape index (κ1) is 10.9. The summed E-state index contributed by atoms with van der Waals surface area (Å²) < 4.78 is 1.11. The average molecular weight is 245 g/mol. The molecule has 3 heteroatoms. The Labute approximate surface area is 105 Å². The number of ketones is 1. The van der Waals surface area contributed by atoms with Crippen LogP contribution in [-0.2, 0) is 0 Å². The lowest BCUT2D eigenvalue weighted by atomic mass is 9.98. The van der Waals surface area contributed by atoms with Gasteiger partial charge in [0.25, 0.3) is 0 Å². The van der Waals surface area contributed by atoms with Gasteiger partial charge >= 0.3 is 0 Å². The van der Waals surface area contributed by atoms with Crippen molar-refractivity contribution in [2.75, 3.05) is 0 Å². The highest BCUT2D eigenvalue weighted by Gasteiger charge is 2.19. The third-order valence-corrected chi connectivity index (χ3v) is 4.43. The highest BCUT2D eigenvalue weighted by molar-refractivity contribution is 7.17. The number of Topliss-reactive ketones (excluding diaryl/α,β-unsaturated/α-hetero) is 1. The normalized spacial score (nSPS) is 16.7. The molecule has 0 N–H and O–H groups in total. The van der Waals surface area contributed by atoms with E-state index in [4.69, 9.17) is 0 Å². The Hall–Kier alpha value is -1.22. The Bertz CT molecular complexity index is 540. The smallest absolute Gasteiger partial charge is 0.164 e. The molecule has 2 nitrogen and oxygen atoms in total. The fourth-order valence-corrected chi connectivity index (χ4v) is 3.37. The summed E-state index contributed by atoms with van der Waals surface area (Å²) in [5.41, 5.74) is 1.78. The van der Waals surface area contributed by atoms with Crippen molar-refractivity contribution in [3.05, 3.63) is 29.3 Å². The van der Waals surface area contributed by atoms with Gasteiger partial charge in [0.05, 0.1) is 10.2 Å². The van der Waals surface area contributed by atoms with Crippen LogP contribution in [0.5, 0.6) is 0 Å². The van der Waals surface area contributed by atoms with E-state index in [1.807, 2.05) is 17.5 Å². The quantitative estimate of drug-likeness (QED) is 0.763. The first-order chi connectivity index (χ1) is 8.33. The van der Waals surface area contributed by atoms with Crippen LogP contribution in [0.2, 0.25) is 0 Å². The van der Waals surface area contributed by atoms with Crippen LogP contribution in [0, 0.1) is 5.92 Å². The van der Waals surface area contributed by atoms with Crippen molar-refractivity contribution < 1.29 is 4.79 Å². The highest BCUT2D eigenvalue weighted by Crippen LogP contribution is 2.29. The molecule has 2 aromatic rings. The van der Waals surface area contributed by atoms with E-state index < -0.39 is 0 Å². The number of hydrogen-bond donors (Lipinski definition) is 0. The van der Waals surface area contributed by atoms with Crippen molar-refractivity contribution in [1.82, 2.24) is 4.98 Å². The number of rotatable bonds is 3. The SMILES string of the molecule is O=C(CC1CCCC1)c1cnc2ccsc2c1. The highest BCUT2D eigenvalue weighted by atomic mass is 32.1. The molecule has 1 aliphatic carbocycles. The first-order valence-corrected chi connectivity index (χ1v) is 7.07. The van der Waals surface area contributed by atoms with Gasteiger partial charge in [-0.2, -0.15) is 0 Å². The van der Waals surface area contributed by atoms with E-state index in [-0.39, 0.29) is 5.78 Å². The second kappa shape index (κ2) is 4.57. The molecule has 88 valence electrons. The first-order valence-electron chi connectivity index (χ1n) is 6.19. The van der Waals surface area contributed by atoms with Gasteiger partial charge in [0, 0.05) is 18.2 Å². The number of carbonyl (C=O) groups is 1. The molecule has 1 saturated carbocycles. The second-order valence-electron chi connectivity index (χ2n) is 4.81. The lowest BCUT2D eigenvalue weighted by Gasteiger charge is -2.07. The van der Waals surface area contributed by atoms with Gasteiger partial charge in [0.2, 0.25) is 0 Å². The zero-order valence-corrected chi connectivity index (χ0v) is 10.5. The Kier molecular flexibility index (Phi) is 2.93. The van der Waals surface area contributed by atoms with Crippen molar-refractivity contribution in [2.45, 2.75) is 32.1 Å². The molecule has 0 amide bonds. The van der Waals surface area contributed by atoms with Crippen molar-refractivity contribution in [2.24, 2.45) is 5.92 Å². The Morgan fingerprint density at radius 3 is 3.06 bits per heavy atom. The third-order valence-electron chi connectivity index (χ3n) is 3.57. The summed E-state index contributed by atoms with van der Waals surface area (Å²) >= 11 is 1.65. The molecular weight excluding hydrogens is 230 g/mol. The number of hydrogen-bond acceptors (Lipinski definition) is 3. The van der Waals surface area contributed by atoms with Gasteiger partial charge in [-0.15, -0.1) is 11.3 Å². The molecule has 0 bridgehead atoms. The molecule has 17 heavy (non-hydrogen) atoms. The molecule has 0 spiro atoms. The summed E-state index contributed by atoms with van der Waals surface area (Å²) in [5, 5.41) is 2.02. The van der Waals surface area contributed by atoms with E-state index in [2.05, 4.69) is 4.98 Å². The zero-order valence-electron chi connectivity index (χ0n) is 9.69. The topological polar surface area (TPSA) is 30.0 Å². The van der Waals surface area contributed by atoms with Crippen LogP contribution in [-0.4, -0.2) is 10.8 Å². The van der Waals surface area contributed by atoms with Gasteiger partial charge < -0.3 is 0 Å². The molecule has 1 fully saturated rings. The molecule has 0 aromatic carbocycles.